The fraction of sp³-hybridized carbons (Fsp3) is 0.300. The van der Waals surface area contributed by atoms with Gasteiger partial charge in [0.15, 0.2) is 6.73 Å². The van der Waals surface area contributed by atoms with Gasteiger partial charge >= 0.3 is 0 Å². The molecule has 27 heavy (non-hydrogen) atoms. The minimum absolute atomic E-state index is 0.0513. The lowest BCUT2D eigenvalue weighted by Gasteiger charge is -2.25. The Morgan fingerprint density at radius 1 is 1.30 bits per heavy atom. The molecule has 2 aromatic heterocycles. The van der Waals surface area contributed by atoms with Gasteiger partial charge in [-0.3, -0.25) is 4.79 Å². The van der Waals surface area contributed by atoms with Crippen LogP contribution in [0.1, 0.15) is 29.6 Å². The van der Waals surface area contributed by atoms with Crippen LogP contribution in [0.15, 0.2) is 59.3 Å². The first-order valence-electron chi connectivity index (χ1n) is 8.75. The van der Waals surface area contributed by atoms with Gasteiger partial charge in [0, 0.05) is 25.7 Å². The van der Waals surface area contributed by atoms with E-state index in [-0.39, 0.29) is 18.7 Å². The highest BCUT2D eigenvalue weighted by molar-refractivity contribution is 6.32. The standard InChI is InChI=1S/C20H22ClN3O3/c1-15(9-10-16-6-5-13-26-16)23(2)20(25)18-11-12-22-24(18)14-27-19-8-4-3-7-17(19)21/h3-8,11-13,15H,9-10,14H2,1-2H3. The van der Waals surface area contributed by atoms with Gasteiger partial charge in [0.2, 0.25) is 0 Å². The van der Waals surface area contributed by atoms with Gasteiger partial charge in [0.05, 0.1) is 11.3 Å². The van der Waals surface area contributed by atoms with E-state index >= 15 is 0 Å². The van der Waals surface area contributed by atoms with E-state index in [9.17, 15) is 4.79 Å². The van der Waals surface area contributed by atoms with Gasteiger partial charge < -0.3 is 14.1 Å². The van der Waals surface area contributed by atoms with Crippen molar-refractivity contribution in [2.24, 2.45) is 0 Å². The molecule has 0 radical (unpaired) electrons. The van der Waals surface area contributed by atoms with Gasteiger partial charge in [-0.15, -0.1) is 0 Å². The van der Waals surface area contributed by atoms with Crippen molar-refractivity contribution in [2.45, 2.75) is 32.5 Å². The lowest BCUT2D eigenvalue weighted by atomic mass is 10.1. The number of ether oxygens (including phenoxy) is 1. The zero-order valence-corrected chi connectivity index (χ0v) is 16.1. The minimum atomic E-state index is -0.109. The van der Waals surface area contributed by atoms with E-state index in [0.29, 0.717) is 16.5 Å². The first kappa shape index (κ1) is 19.0. The Kier molecular flexibility index (Phi) is 6.19. The molecule has 2 heterocycles. The zero-order chi connectivity index (χ0) is 19.2. The number of para-hydroxylation sites is 1. The number of hydrogen-bond donors (Lipinski definition) is 0. The summed E-state index contributed by atoms with van der Waals surface area (Å²) in [5.74, 6) is 1.36. The van der Waals surface area contributed by atoms with Crippen LogP contribution in [0.25, 0.3) is 0 Å². The fourth-order valence-corrected chi connectivity index (χ4v) is 2.88. The first-order chi connectivity index (χ1) is 13.1. The number of rotatable bonds is 8. The van der Waals surface area contributed by atoms with Crippen molar-refractivity contribution in [1.29, 1.82) is 0 Å². The summed E-state index contributed by atoms with van der Waals surface area (Å²) in [7, 11) is 1.79. The maximum Gasteiger partial charge on any atom is 0.272 e. The molecule has 0 N–H and O–H groups in total. The molecule has 0 fully saturated rings. The van der Waals surface area contributed by atoms with Gasteiger partial charge in [0.1, 0.15) is 17.2 Å². The molecule has 1 amide bonds. The van der Waals surface area contributed by atoms with E-state index in [1.54, 1.807) is 42.6 Å². The van der Waals surface area contributed by atoms with Crippen LogP contribution < -0.4 is 4.74 Å². The lowest BCUT2D eigenvalue weighted by Crippen LogP contribution is -2.36. The number of carbonyl (C=O) groups excluding carboxylic acids is 1. The Morgan fingerprint density at radius 2 is 2.11 bits per heavy atom. The maximum absolute atomic E-state index is 12.9. The molecule has 0 spiro atoms. The third-order valence-corrected chi connectivity index (χ3v) is 4.80. The highest BCUT2D eigenvalue weighted by atomic mass is 35.5. The van der Waals surface area contributed by atoms with Gasteiger partial charge in [-0.05, 0) is 43.7 Å². The molecule has 0 aliphatic carbocycles. The average molecular weight is 388 g/mol. The first-order valence-corrected chi connectivity index (χ1v) is 9.12. The van der Waals surface area contributed by atoms with Crippen molar-refractivity contribution < 1.29 is 13.9 Å². The van der Waals surface area contributed by atoms with Crippen molar-refractivity contribution in [3.63, 3.8) is 0 Å². The lowest BCUT2D eigenvalue weighted by molar-refractivity contribution is 0.0713. The molecular formula is C20H22ClN3O3. The zero-order valence-electron chi connectivity index (χ0n) is 15.3. The number of halogens is 1. The molecule has 1 unspecified atom stereocenters. The molecular weight excluding hydrogens is 366 g/mol. The summed E-state index contributed by atoms with van der Waals surface area (Å²) in [6.07, 6.45) is 4.83. The predicted molar refractivity (Wildman–Crippen MR) is 103 cm³/mol. The van der Waals surface area contributed by atoms with Gasteiger partial charge in [-0.2, -0.15) is 5.10 Å². The van der Waals surface area contributed by atoms with Crippen molar-refractivity contribution in [2.75, 3.05) is 7.05 Å². The Labute approximate surface area is 163 Å². The predicted octanol–water partition coefficient (Wildman–Crippen LogP) is 4.26. The minimum Gasteiger partial charge on any atom is -0.470 e. The highest BCUT2D eigenvalue weighted by Gasteiger charge is 2.21. The SMILES string of the molecule is CC(CCc1ccco1)N(C)C(=O)c1ccnn1COc1ccccc1Cl. The van der Waals surface area contributed by atoms with Crippen molar-refractivity contribution in [3.05, 3.63) is 71.4 Å². The van der Waals surface area contributed by atoms with Crippen LogP contribution in [0.2, 0.25) is 5.02 Å². The summed E-state index contributed by atoms with van der Waals surface area (Å²) < 4.78 is 12.6. The van der Waals surface area contributed by atoms with E-state index in [0.717, 1.165) is 18.6 Å². The van der Waals surface area contributed by atoms with E-state index in [1.807, 2.05) is 31.2 Å². The van der Waals surface area contributed by atoms with Crippen molar-refractivity contribution in [3.8, 4) is 5.75 Å². The molecule has 1 atom stereocenters. The molecule has 6 nitrogen and oxygen atoms in total. The molecule has 7 heteroatoms. The van der Waals surface area contributed by atoms with Crippen LogP contribution in [-0.4, -0.2) is 33.7 Å². The number of nitrogens with zero attached hydrogens (tertiary/aromatic N) is 3. The number of furan rings is 1. The van der Waals surface area contributed by atoms with Crippen LogP contribution >= 0.6 is 11.6 Å². The maximum atomic E-state index is 12.9. The largest absolute Gasteiger partial charge is 0.470 e. The third kappa shape index (κ3) is 4.71. The Morgan fingerprint density at radius 3 is 2.85 bits per heavy atom. The van der Waals surface area contributed by atoms with Crippen LogP contribution in [0, 0.1) is 0 Å². The van der Waals surface area contributed by atoms with E-state index in [2.05, 4.69) is 5.10 Å². The topological polar surface area (TPSA) is 60.5 Å². The molecule has 0 bridgehead atoms. The summed E-state index contributed by atoms with van der Waals surface area (Å²) in [6.45, 7) is 2.12. The number of amides is 1. The van der Waals surface area contributed by atoms with E-state index in [1.165, 1.54) is 4.68 Å². The normalized spacial score (nSPS) is 12.0. The number of carbonyl (C=O) groups is 1. The second kappa shape index (κ2) is 8.77. The molecule has 0 aliphatic rings. The van der Waals surface area contributed by atoms with E-state index in [4.69, 9.17) is 20.8 Å². The fourth-order valence-electron chi connectivity index (χ4n) is 2.69. The molecule has 0 aliphatic heterocycles. The van der Waals surface area contributed by atoms with Gasteiger partial charge in [-0.1, -0.05) is 23.7 Å². The van der Waals surface area contributed by atoms with Gasteiger partial charge in [-0.25, -0.2) is 4.68 Å². The van der Waals surface area contributed by atoms with Crippen LogP contribution in [0.3, 0.4) is 0 Å². The second-order valence-electron chi connectivity index (χ2n) is 6.30. The van der Waals surface area contributed by atoms with Crippen LogP contribution in [0.5, 0.6) is 5.75 Å². The molecule has 3 rings (SSSR count). The quantitative estimate of drug-likeness (QED) is 0.579. The second-order valence-corrected chi connectivity index (χ2v) is 6.71. The van der Waals surface area contributed by atoms with Crippen molar-refractivity contribution in [1.82, 2.24) is 14.7 Å². The highest BCUT2D eigenvalue weighted by Crippen LogP contribution is 2.23. The third-order valence-electron chi connectivity index (χ3n) is 4.48. The summed E-state index contributed by atoms with van der Waals surface area (Å²) in [5.41, 5.74) is 0.467. The van der Waals surface area contributed by atoms with E-state index < -0.39 is 0 Å². The Balaban J connectivity index is 1.61. The molecule has 0 saturated carbocycles. The summed E-state index contributed by atoms with van der Waals surface area (Å²) in [4.78, 5) is 14.6. The number of benzene rings is 1. The number of hydrogen-bond acceptors (Lipinski definition) is 4. The Bertz CT molecular complexity index is 876. The summed E-state index contributed by atoms with van der Waals surface area (Å²) >= 11 is 6.10. The number of aromatic nitrogens is 2. The summed E-state index contributed by atoms with van der Waals surface area (Å²) in [6, 6.07) is 12.7. The molecule has 142 valence electrons. The monoisotopic (exact) mass is 387 g/mol. The average Bonchev–Trinajstić information content (AvgIpc) is 3.36. The molecule has 0 saturated heterocycles. The van der Waals surface area contributed by atoms with Gasteiger partial charge in [0.25, 0.3) is 5.91 Å². The number of aryl methyl sites for hydroxylation is 1. The Hall–Kier alpha value is -2.73. The molecule has 3 aromatic rings. The summed E-state index contributed by atoms with van der Waals surface area (Å²) in [5, 5.41) is 4.71. The van der Waals surface area contributed by atoms with Crippen LogP contribution in [-0.2, 0) is 13.2 Å². The van der Waals surface area contributed by atoms with Crippen LogP contribution in [0.4, 0.5) is 0 Å². The van der Waals surface area contributed by atoms with Crippen molar-refractivity contribution >= 4 is 17.5 Å². The molecule has 1 aromatic carbocycles. The smallest absolute Gasteiger partial charge is 0.272 e.